The normalized spacial score (nSPS) is 18.7. The van der Waals surface area contributed by atoms with Crippen molar-refractivity contribution in [3.8, 4) is 11.5 Å². The summed E-state index contributed by atoms with van der Waals surface area (Å²) in [5, 5.41) is 0.597. The summed E-state index contributed by atoms with van der Waals surface area (Å²) >= 11 is 6.43. The number of likely N-dealkylation sites (tertiary alicyclic amines) is 1. The van der Waals surface area contributed by atoms with Crippen LogP contribution in [0.5, 0.6) is 11.5 Å². The number of amides is 1. The quantitative estimate of drug-likeness (QED) is 0.650. The zero-order valence-corrected chi connectivity index (χ0v) is 18.2. The van der Waals surface area contributed by atoms with Crippen molar-refractivity contribution in [3.63, 3.8) is 0 Å². The summed E-state index contributed by atoms with van der Waals surface area (Å²) in [6, 6.07) is 12.0. The van der Waals surface area contributed by atoms with Crippen molar-refractivity contribution in [3.05, 3.63) is 52.8 Å². The van der Waals surface area contributed by atoms with Crippen molar-refractivity contribution in [2.45, 2.75) is 38.4 Å². The fraction of sp³-hybridized carbons (Fsp3) is 0.391. The molecule has 8 heteroatoms. The van der Waals surface area contributed by atoms with E-state index in [1.807, 2.05) is 35.2 Å². The number of aromatic nitrogens is 2. The fourth-order valence-corrected chi connectivity index (χ4v) is 4.58. The number of ether oxygens (including phenoxy) is 2. The summed E-state index contributed by atoms with van der Waals surface area (Å²) < 4.78 is 10.8. The van der Waals surface area contributed by atoms with Gasteiger partial charge >= 0.3 is 0 Å². The number of hydrogen-bond donors (Lipinski definition) is 1. The van der Waals surface area contributed by atoms with Crippen molar-refractivity contribution in [1.29, 1.82) is 0 Å². The number of rotatable bonds is 5. The van der Waals surface area contributed by atoms with Gasteiger partial charge in [0.15, 0.2) is 11.5 Å². The van der Waals surface area contributed by atoms with Crippen LogP contribution in [0, 0.1) is 0 Å². The van der Waals surface area contributed by atoms with E-state index in [0.717, 1.165) is 41.8 Å². The van der Waals surface area contributed by atoms with Gasteiger partial charge in [0.05, 0.1) is 17.6 Å². The minimum Gasteiger partial charge on any atom is -0.454 e. The van der Waals surface area contributed by atoms with E-state index in [0.29, 0.717) is 42.1 Å². The highest BCUT2D eigenvalue weighted by Crippen LogP contribution is 2.37. The summed E-state index contributed by atoms with van der Waals surface area (Å²) in [7, 11) is 2.10. The highest BCUT2D eigenvalue weighted by molar-refractivity contribution is 6.31. The van der Waals surface area contributed by atoms with Crippen LogP contribution in [0.2, 0.25) is 5.02 Å². The number of nitrogens with zero attached hydrogens (tertiary/aromatic N) is 3. The number of H-pyrrole nitrogens is 1. The molecular formula is C23H25ClN4O3. The Hall–Kier alpha value is -2.77. The topological polar surface area (TPSA) is 70.7 Å². The van der Waals surface area contributed by atoms with Gasteiger partial charge in [0, 0.05) is 36.6 Å². The van der Waals surface area contributed by atoms with E-state index in [2.05, 4.69) is 21.9 Å². The Bertz CT molecular complexity index is 1080. The molecule has 162 valence electrons. The molecule has 3 aromatic rings. The van der Waals surface area contributed by atoms with Crippen LogP contribution < -0.4 is 9.47 Å². The van der Waals surface area contributed by atoms with E-state index in [-0.39, 0.29) is 12.7 Å². The van der Waals surface area contributed by atoms with Crippen LogP contribution >= 0.6 is 11.6 Å². The number of para-hydroxylation sites is 2. The van der Waals surface area contributed by atoms with Crippen LogP contribution in [-0.4, -0.2) is 52.1 Å². The molecule has 2 aliphatic rings. The first kappa shape index (κ1) is 20.2. The Morgan fingerprint density at radius 1 is 1.23 bits per heavy atom. The number of aromatic amines is 1. The summed E-state index contributed by atoms with van der Waals surface area (Å²) in [6.45, 7) is 2.10. The number of benzene rings is 2. The van der Waals surface area contributed by atoms with Gasteiger partial charge in [0.25, 0.3) is 0 Å². The Balaban J connectivity index is 1.24. The Morgan fingerprint density at radius 3 is 2.87 bits per heavy atom. The Kier molecular flexibility index (Phi) is 5.46. The largest absolute Gasteiger partial charge is 0.454 e. The molecule has 31 heavy (non-hydrogen) atoms. The zero-order chi connectivity index (χ0) is 21.4. The fourth-order valence-electron chi connectivity index (χ4n) is 4.36. The Labute approximate surface area is 185 Å². The van der Waals surface area contributed by atoms with Gasteiger partial charge in [-0.2, -0.15) is 0 Å². The Morgan fingerprint density at radius 2 is 2.03 bits per heavy atom. The highest BCUT2D eigenvalue weighted by Gasteiger charge is 2.26. The number of carbonyl (C=O) groups is 1. The molecule has 5 rings (SSSR count). The highest BCUT2D eigenvalue weighted by atomic mass is 35.5. The number of fused-ring (bicyclic) bond motifs is 2. The third-order valence-corrected chi connectivity index (χ3v) is 6.49. The molecule has 1 fully saturated rings. The van der Waals surface area contributed by atoms with E-state index < -0.39 is 0 Å². The molecule has 7 nitrogen and oxygen atoms in total. The lowest BCUT2D eigenvalue weighted by molar-refractivity contribution is -0.131. The number of halogens is 1. The van der Waals surface area contributed by atoms with Gasteiger partial charge in [-0.3, -0.25) is 9.69 Å². The number of hydrogen-bond acceptors (Lipinski definition) is 5. The SMILES string of the molecule is CN(Cc1nc2ccccc2[nH]1)C1CCC(=O)N(Cc2cc3c(cc2Cl)OCO3)CC1. The monoisotopic (exact) mass is 440 g/mol. The molecule has 1 atom stereocenters. The molecule has 0 aliphatic carbocycles. The van der Waals surface area contributed by atoms with Gasteiger partial charge in [0.2, 0.25) is 12.7 Å². The second kappa shape index (κ2) is 8.40. The van der Waals surface area contributed by atoms with E-state index >= 15 is 0 Å². The van der Waals surface area contributed by atoms with Gasteiger partial charge in [-0.1, -0.05) is 23.7 Å². The summed E-state index contributed by atoms with van der Waals surface area (Å²) in [6.07, 6.45) is 2.27. The summed E-state index contributed by atoms with van der Waals surface area (Å²) in [5.41, 5.74) is 2.91. The van der Waals surface area contributed by atoms with Crippen LogP contribution in [-0.2, 0) is 17.9 Å². The van der Waals surface area contributed by atoms with Gasteiger partial charge in [-0.15, -0.1) is 0 Å². The number of nitrogens with one attached hydrogen (secondary N) is 1. The van der Waals surface area contributed by atoms with Crippen LogP contribution in [0.15, 0.2) is 36.4 Å². The van der Waals surface area contributed by atoms with Gasteiger partial charge < -0.3 is 19.4 Å². The standard InChI is InChI=1S/C23H25ClN4O3/c1-27(13-22-25-18-4-2-3-5-19(18)26-22)16-6-7-23(29)28(9-8-16)12-15-10-20-21(11-17(15)24)31-14-30-20/h2-5,10-11,16H,6-9,12-14H2,1H3,(H,25,26). The van der Waals surface area contributed by atoms with E-state index in [1.54, 1.807) is 6.07 Å². The molecule has 3 heterocycles. The average Bonchev–Trinajstić information content (AvgIpc) is 3.33. The number of carbonyl (C=O) groups excluding carboxylic acids is 1. The van der Waals surface area contributed by atoms with Crippen molar-refractivity contribution in [2.24, 2.45) is 0 Å². The minimum atomic E-state index is 0.161. The van der Waals surface area contributed by atoms with Crippen LogP contribution in [0.4, 0.5) is 0 Å². The maximum atomic E-state index is 12.8. The van der Waals surface area contributed by atoms with Crippen LogP contribution in [0.3, 0.4) is 0 Å². The maximum Gasteiger partial charge on any atom is 0.231 e. The summed E-state index contributed by atoms with van der Waals surface area (Å²) in [4.78, 5) is 25.1. The first-order chi connectivity index (χ1) is 15.1. The van der Waals surface area contributed by atoms with E-state index in [1.165, 1.54) is 0 Å². The van der Waals surface area contributed by atoms with E-state index in [4.69, 9.17) is 21.1 Å². The molecular weight excluding hydrogens is 416 g/mol. The third-order valence-electron chi connectivity index (χ3n) is 6.14. The van der Waals surface area contributed by atoms with Crippen molar-refractivity contribution in [1.82, 2.24) is 19.8 Å². The van der Waals surface area contributed by atoms with Gasteiger partial charge in [-0.05, 0) is 43.7 Å². The van der Waals surface area contributed by atoms with E-state index in [9.17, 15) is 4.79 Å². The second-order valence-corrected chi connectivity index (χ2v) is 8.62. The van der Waals surface area contributed by atoms with Crippen LogP contribution in [0.1, 0.15) is 30.7 Å². The molecule has 1 N–H and O–H groups in total. The molecule has 0 bridgehead atoms. The van der Waals surface area contributed by atoms with Gasteiger partial charge in [0.1, 0.15) is 5.82 Å². The lowest BCUT2D eigenvalue weighted by atomic mass is 10.1. The average molecular weight is 441 g/mol. The molecule has 1 unspecified atom stereocenters. The van der Waals surface area contributed by atoms with Crippen molar-refractivity contribution >= 4 is 28.5 Å². The molecule has 0 saturated carbocycles. The number of imidazole rings is 1. The van der Waals surface area contributed by atoms with Crippen LogP contribution in [0.25, 0.3) is 11.0 Å². The van der Waals surface area contributed by atoms with Gasteiger partial charge in [-0.25, -0.2) is 4.98 Å². The first-order valence-electron chi connectivity index (χ1n) is 10.6. The molecule has 2 aliphatic heterocycles. The lowest BCUT2D eigenvalue weighted by Crippen LogP contribution is -2.33. The molecule has 0 spiro atoms. The second-order valence-electron chi connectivity index (χ2n) is 8.21. The molecule has 1 aromatic heterocycles. The third kappa shape index (κ3) is 4.20. The predicted octanol–water partition coefficient (Wildman–Crippen LogP) is 3.96. The molecule has 1 saturated heterocycles. The lowest BCUT2D eigenvalue weighted by Gasteiger charge is -2.26. The zero-order valence-electron chi connectivity index (χ0n) is 17.4. The van der Waals surface area contributed by atoms with Crippen molar-refractivity contribution < 1.29 is 14.3 Å². The molecule has 2 aromatic carbocycles. The predicted molar refractivity (Wildman–Crippen MR) is 118 cm³/mol. The smallest absolute Gasteiger partial charge is 0.231 e. The van der Waals surface area contributed by atoms with Crippen molar-refractivity contribution in [2.75, 3.05) is 20.4 Å². The first-order valence-corrected chi connectivity index (χ1v) is 10.9. The maximum absolute atomic E-state index is 12.8. The molecule has 1 amide bonds. The summed E-state index contributed by atoms with van der Waals surface area (Å²) in [5.74, 6) is 2.45. The minimum absolute atomic E-state index is 0.161. The molecule has 0 radical (unpaired) electrons.